The highest BCUT2D eigenvalue weighted by molar-refractivity contribution is 14.1. The molecular formula is C19H18F2IO7S-. The lowest BCUT2D eigenvalue weighted by atomic mass is 9.51. The Balaban J connectivity index is 1.43. The van der Waals surface area contributed by atoms with Gasteiger partial charge in [0.05, 0.1) is 6.61 Å². The second-order valence-corrected chi connectivity index (χ2v) is 11.4. The quantitative estimate of drug-likeness (QED) is 0.321. The number of fused-ring (bicyclic) bond motifs is 1. The van der Waals surface area contributed by atoms with Crippen LogP contribution < -0.4 is 4.74 Å². The number of esters is 1. The zero-order chi connectivity index (χ0) is 21.5. The van der Waals surface area contributed by atoms with E-state index in [1.165, 1.54) is 0 Å². The van der Waals surface area contributed by atoms with Crippen molar-refractivity contribution in [1.82, 2.24) is 0 Å². The van der Waals surface area contributed by atoms with Gasteiger partial charge in [0, 0.05) is 21.0 Å². The van der Waals surface area contributed by atoms with Gasteiger partial charge in [0.1, 0.15) is 11.4 Å². The van der Waals surface area contributed by atoms with Crippen molar-refractivity contribution in [3.8, 4) is 5.75 Å². The fourth-order valence-corrected chi connectivity index (χ4v) is 6.58. The lowest BCUT2D eigenvalue weighted by Crippen LogP contribution is -2.68. The monoisotopic (exact) mass is 555 g/mol. The summed E-state index contributed by atoms with van der Waals surface area (Å²) in [6, 6.07) is 5.83. The molecule has 4 saturated carbocycles. The smallest absolute Gasteiger partial charge is 0.428 e. The summed E-state index contributed by atoms with van der Waals surface area (Å²) < 4.78 is 78.6. The predicted octanol–water partition coefficient (Wildman–Crippen LogP) is 3.16. The largest absolute Gasteiger partial charge is 0.743 e. The van der Waals surface area contributed by atoms with Crippen molar-refractivity contribution < 1.29 is 40.8 Å². The highest BCUT2D eigenvalue weighted by atomic mass is 127. The summed E-state index contributed by atoms with van der Waals surface area (Å²) in [5.41, 5.74) is -0.304. The molecule has 0 aromatic heterocycles. The summed E-state index contributed by atoms with van der Waals surface area (Å²) >= 11 is 2.19. The van der Waals surface area contributed by atoms with E-state index in [9.17, 15) is 26.5 Å². The molecular weight excluding hydrogens is 537 g/mol. The summed E-state index contributed by atoms with van der Waals surface area (Å²) in [4.78, 5) is 12.0. The second-order valence-electron chi connectivity index (χ2n) is 8.75. The topological polar surface area (TPSA) is 102 Å². The van der Waals surface area contributed by atoms with Crippen LogP contribution in [0.1, 0.15) is 37.7 Å². The molecule has 7 nitrogen and oxygen atoms in total. The molecule has 2 atom stereocenters. The van der Waals surface area contributed by atoms with Gasteiger partial charge < -0.3 is 18.8 Å². The molecule has 0 radical (unpaired) electrons. The first-order valence-corrected chi connectivity index (χ1v) is 12.1. The Morgan fingerprint density at radius 2 is 1.90 bits per heavy atom. The van der Waals surface area contributed by atoms with Gasteiger partial charge in [-0.3, -0.25) is 0 Å². The molecule has 6 rings (SSSR count). The van der Waals surface area contributed by atoms with E-state index >= 15 is 0 Å². The van der Waals surface area contributed by atoms with Gasteiger partial charge in [0.25, 0.3) is 0 Å². The van der Waals surface area contributed by atoms with E-state index in [-0.39, 0.29) is 30.6 Å². The van der Waals surface area contributed by atoms with Crippen LogP contribution in [0.3, 0.4) is 0 Å². The summed E-state index contributed by atoms with van der Waals surface area (Å²) in [5, 5.41) is -5.11. The third kappa shape index (κ3) is 2.99. The maximum absolute atomic E-state index is 13.7. The third-order valence-corrected chi connectivity index (χ3v) is 8.35. The fourth-order valence-electron chi connectivity index (χ4n) is 5.87. The van der Waals surface area contributed by atoms with E-state index < -0.39 is 32.7 Å². The zero-order valence-electron chi connectivity index (χ0n) is 15.6. The molecule has 30 heavy (non-hydrogen) atoms. The number of halogens is 3. The van der Waals surface area contributed by atoms with Crippen LogP contribution in [0.25, 0.3) is 0 Å². The van der Waals surface area contributed by atoms with Crippen LogP contribution in [0.5, 0.6) is 5.75 Å². The average Bonchev–Trinajstić information content (AvgIpc) is 2.64. The van der Waals surface area contributed by atoms with E-state index in [2.05, 4.69) is 22.6 Å². The van der Waals surface area contributed by atoms with Crippen LogP contribution >= 0.6 is 22.6 Å². The van der Waals surface area contributed by atoms with Crippen molar-refractivity contribution in [1.29, 1.82) is 0 Å². The van der Waals surface area contributed by atoms with Crippen LogP contribution in [0.15, 0.2) is 18.2 Å². The minimum absolute atomic E-state index is 0.128. The van der Waals surface area contributed by atoms with Crippen molar-refractivity contribution in [2.24, 2.45) is 17.8 Å². The molecule has 11 heteroatoms. The molecule has 5 aliphatic rings. The van der Waals surface area contributed by atoms with Crippen LogP contribution in [-0.2, 0) is 31.0 Å². The molecule has 0 amide bonds. The molecule has 1 aliphatic heterocycles. The van der Waals surface area contributed by atoms with Gasteiger partial charge in [-0.2, -0.15) is 8.78 Å². The Hall–Kier alpha value is -1.05. The number of rotatable bonds is 3. The van der Waals surface area contributed by atoms with Gasteiger partial charge in [0.15, 0.2) is 10.1 Å². The van der Waals surface area contributed by atoms with Crippen molar-refractivity contribution >= 4 is 38.7 Å². The SMILES string of the molecule is O=C(OC12CC3CC(C1)C1(OCc4ccc(I)cc4O1)C(C3)C2)C(F)(F)S(=O)(=O)[O-]. The fraction of sp³-hybridized carbons (Fsp3) is 0.632. The van der Waals surface area contributed by atoms with Gasteiger partial charge in [0.2, 0.25) is 5.79 Å². The van der Waals surface area contributed by atoms with Crippen LogP contribution in [0.2, 0.25) is 0 Å². The normalized spacial score (nSPS) is 37.0. The Morgan fingerprint density at radius 3 is 2.53 bits per heavy atom. The third-order valence-electron chi connectivity index (χ3n) is 6.88. The standard InChI is InChI=1S/C19H19F2IO7S/c20-19(21,30(24,25)26)16(23)29-17-6-10-3-12(7-17)18(13(4-10)8-17)27-9-11-1-2-14(22)5-15(11)28-18/h1-2,5,10,12-13H,3-4,6-9H2,(H,24,25,26)/p-1. The van der Waals surface area contributed by atoms with Gasteiger partial charge in [-0.1, -0.05) is 6.07 Å². The molecule has 0 N–H and O–H groups in total. The zero-order valence-corrected chi connectivity index (χ0v) is 18.6. The Morgan fingerprint density at radius 1 is 1.23 bits per heavy atom. The van der Waals surface area contributed by atoms with E-state index in [1.807, 2.05) is 18.2 Å². The Kier molecular flexibility index (Phi) is 4.50. The van der Waals surface area contributed by atoms with E-state index in [0.717, 1.165) is 27.7 Å². The number of ether oxygens (including phenoxy) is 3. The molecule has 1 heterocycles. The van der Waals surface area contributed by atoms with E-state index in [1.54, 1.807) is 0 Å². The summed E-state index contributed by atoms with van der Waals surface area (Å²) in [5.74, 6) is -2.74. The molecule has 1 aromatic rings. The highest BCUT2D eigenvalue weighted by Crippen LogP contribution is 2.63. The van der Waals surface area contributed by atoms with Gasteiger partial charge in [-0.25, -0.2) is 13.2 Å². The first-order chi connectivity index (χ1) is 13.9. The molecule has 4 fully saturated rings. The minimum atomic E-state index is -6.16. The van der Waals surface area contributed by atoms with Crippen molar-refractivity contribution in [2.75, 3.05) is 0 Å². The number of benzene rings is 1. The van der Waals surface area contributed by atoms with Crippen molar-refractivity contribution in [3.63, 3.8) is 0 Å². The summed E-state index contributed by atoms with van der Waals surface area (Å²) in [7, 11) is -6.16. The molecule has 2 unspecified atom stereocenters. The predicted molar refractivity (Wildman–Crippen MR) is 104 cm³/mol. The first-order valence-electron chi connectivity index (χ1n) is 9.62. The molecule has 1 spiro atoms. The lowest BCUT2D eigenvalue weighted by molar-refractivity contribution is -0.337. The van der Waals surface area contributed by atoms with Crippen molar-refractivity contribution in [3.05, 3.63) is 27.3 Å². The van der Waals surface area contributed by atoms with Crippen LogP contribution in [0.4, 0.5) is 8.78 Å². The minimum Gasteiger partial charge on any atom is -0.743 e. The van der Waals surface area contributed by atoms with Gasteiger partial charge >= 0.3 is 11.2 Å². The van der Waals surface area contributed by atoms with E-state index in [0.29, 0.717) is 13.0 Å². The number of carbonyl (C=O) groups is 1. The summed E-state index contributed by atoms with van der Waals surface area (Å²) in [6.07, 6.45) is 2.29. The van der Waals surface area contributed by atoms with Gasteiger partial charge in [-0.05, 0) is 72.7 Å². The van der Waals surface area contributed by atoms with Crippen molar-refractivity contribution in [2.45, 2.75) is 55.4 Å². The van der Waals surface area contributed by atoms with Crippen LogP contribution in [0, 0.1) is 21.3 Å². The molecule has 164 valence electrons. The molecule has 4 bridgehead atoms. The number of carbonyl (C=O) groups excluding carboxylic acids is 1. The maximum Gasteiger partial charge on any atom is 0.428 e. The Bertz CT molecular complexity index is 1010. The molecule has 1 aromatic carbocycles. The highest BCUT2D eigenvalue weighted by Gasteiger charge is 2.68. The van der Waals surface area contributed by atoms with Crippen LogP contribution in [-0.4, -0.2) is 35.6 Å². The number of hydrogen-bond acceptors (Lipinski definition) is 7. The second kappa shape index (κ2) is 6.48. The number of alkyl halides is 2. The Labute approximate surface area is 185 Å². The van der Waals surface area contributed by atoms with Gasteiger partial charge in [-0.15, -0.1) is 0 Å². The number of hydrogen-bond donors (Lipinski definition) is 0. The first kappa shape index (κ1) is 20.8. The lowest BCUT2D eigenvalue weighted by Gasteiger charge is -2.63. The summed E-state index contributed by atoms with van der Waals surface area (Å²) in [6.45, 7) is 0.364. The maximum atomic E-state index is 13.7. The molecule has 0 saturated heterocycles. The average molecular weight is 555 g/mol. The molecule has 4 aliphatic carbocycles. The van der Waals surface area contributed by atoms with E-state index in [4.69, 9.17) is 14.2 Å².